The van der Waals surface area contributed by atoms with E-state index >= 15 is 0 Å². The molecule has 0 amide bonds. The number of likely N-dealkylation sites (N-methyl/N-ethyl adjacent to an activating group) is 1. The lowest BCUT2D eigenvalue weighted by Gasteiger charge is -2.23. The summed E-state index contributed by atoms with van der Waals surface area (Å²) in [5.41, 5.74) is 2.38. The van der Waals surface area contributed by atoms with Crippen molar-refractivity contribution in [1.82, 2.24) is 14.9 Å². The third kappa shape index (κ3) is 6.29. The first-order valence-electron chi connectivity index (χ1n) is 11.6. The minimum absolute atomic E-state index is 0. The Morgan fingerprint density at radius 3 is 2.47 bits per heavy atom. The van der Waals surface area contributed by atoms with Crippen LogP contribution in [-0.4, -0.2) is 59.6 Å². The number of sulfonamides is 1. The molecule has 0 saturated carbocycles. The zero-order valence-corrected chi connectivity index (χ0v) is 21.7. The van der Waals surface area contributed by atoms with Crippen LogP contribution in [0.5, 0.6) is 0 Å². The van der Waals surface area contributed by atoms with Crippen molar-refractivity contribution < 1.29 is 8.42 Å². The molecule has 0 radical (unpaired) electrons. The molecule has 3 aromatic carbocycles. The van der Waals surface area contributed by atoms with Gasteiger partial charge in [-0.3, -0.25) is 0 Å². The number of hydrogen-bond donors (Lipinski definition) is 2. The molecule has 1 aliphatic heterocycles. The zero-order chi connectivity index (χ0) is 23.4. The van der Waals surface area contributed by atoms with Crippen LogP contribution < -0.4 is 14.9 Å². The van der Waals surface area contributed by atoms with Gasteiger partial charge in [0.05, 0.1) is 4.90 Å². The number of hydrogen-bond acceptors (Lipinski definition) is 5. The molecule has 3 aromatic rings. The van der Waals surface area contributed by atoms with Crippen LogP contribution in [0.15, 0.2) is 71.6 Å². The fourth-order valence-corrected chi connectivity index (χ4v) is 5.55. The highest BCUT2D eigenvalue weighted by molar-refractivity contribution is 7.89. The molecule has 0 aliphatic carbocycles. The van der Waals surface area contributed by atoms with Gasteiger partial charge in [-0.2, -0.15) is 0 Å². The zero-order valence-electron chi connectivity index (χ0n) is 20.1. The first-order chi connectivity index (χ1) is 15.8. The Morgan fingerprint density at radius 2 is 1.74 bits per heavy atom. The molecule has 0 spiro atoms. The number of fused-ring (bicyclic) bond motifs is 1. The first-order valence-corrected chi connectivity index (χ1v) is 13.0. The van der Waals surface area contributed by atoms with Gasteiger partial charge in [0.1, 0.15) is 0 Å². The largest absolute Gasteiger partial charge is 0.370 e. The average Bonchev–Trinajstić information content (AvgIpc) is 3.27. The van der Waals surface area contributed by atoms with Crippen LogP contribution in [-0.2, 0) is 10.0 Å². The van der Waals surface area contributed by atoms with E-state index in [2.05, 4.69) is 64.3 Å². The average molecular weight is 503 g/mol. The Morgan fingerprint density at radius 1 is 1.03 bits per heavy atom. The van der Waals surface area contributed by atoms with Gasteiger partial charge in [-0.15, -0.1) is 12.4 Å². The van der Waals surface area contributed by atoms with Crippen LogP contribution in [0.4, 0.5) is 5.69 Å². The van der Waals surface area contributed by atoms with Gasteiger partial charge in [0.2, 0.25) is 10.0 Å². The van der Waals surface area contributed by atoms with Crippen molar-refractivity contribution in [2.24, 2.45) is 0 Å². The monoisotopic (exact) mass is 502 g/mol. The van der Waals surface area contributed by atoms with Crippen molar-refractivity contribution in [2.45, 2.75) is 30.3 Å². The minimum atomic E-state index is -3.48. The maximum absolute atomic E-state index is 12.5. The molecular weight excluding hydrogens is 468 g/mol. The second-order valence-corrected chi connectivity index (χ2v) is 10.9. The van der Waals surface area contributed by atoms with E-state index in [1.54, 1.807) is 12.1 Å². The SMILES string of the molecule is C[C@@H](N[C@H]1CCN(c2ccc(S(=O)(=O)NCCN(C)C)cc2)C1)c1cccc2ccccc12.Cl. The molecular formula is C26H35ClN4O2S. The van der Waals surface area contributed by atoms with Crippen molar-refractivity contribution in [1.29, 1.82) is 0 Å². The molecule has 8 heteroatoms. The summed E-state index contributed by atoms with van der Waals surface area (Å²) in [4.78, 5) is 4.58. The Balaban J connectivity index is 0.00000324. The Labute approximate surface area is 209 Å². The van der Waals surface area contributed by atoms with Crippen LogP contribution in [0.2, 0.25) is 0 Å². The lowest BCUT2D eigenvalue weighted by molar-refractivity contribution is 0.412. The number of halogens is 1. The predicted octanol–water partition coefficient (Wildman–Crippen LogP) is 4.03. The molecule has 4 rings (SSSR count). The van der Waals surface area contributed by atoms with Crippen LogP contribution >= 0.6 is 12.4 Å². The van der Waals surface area contributed by atoms with Gasteiger partial charge in [-0.1, -0.05) is 42.5 Å². The molecule has 1 aliphatic rings. The van der Waals surface area contributed by atoms with E-state index in [-0.39, 0.29) is 18.4 Å². The second kappa shape index (κ2) is 11.5. The van der Waals surface area contributed by atoms with Crippen LogP contribution in [0, 0.1) is 0 Å². The fourth-order valence-electron chi connectivity index (χ4n) is 4.53. The predicted molar refractivity (Wildman–Crippen MR) is 144 cm³/mol. The van der Waals surface area contributed by atoms with E-state index < -0.39 is 10.0 Å². The maximum atomic E-state index is 12.5. The number of rotatable bonds is 9. The van der Waals surface area contributed by atoms with Crippen molar-refractivity contribution in [3.05, 3.63) is 72.3 Å². The Kier molecular flexibility index (Phi) is 8.95. The highest BCUT2D eigenvalue weighted by Crippen LogP contribution is 2.27. The number of anilines is 1. The lowest BCUT2D eigenvalue weighted by atomic mass is 9.99. The van der Waals surface area contributed by atoms with Gasteiger partial charge in [-0.25, -0.2) is 13.1 Å². The van der Waals surface area contributed by atoms with E-state index in [1.807, 2.05) is 31.1 Å². The second-order valence-electron chi connectivity index (χ2n) is 9.08. The molecule has 34 heavy (non-hydrogen) atoms. The topological polar surface area (TPSA) is 64.7 Å². The fraction of sp³-hybridized carbons (Fsp3) is 0.385. The molecule has 0 unspecified atom stereocenters. The van der Waals surface area contributed by atoms with Gasteiger partial charge < -0.3 is 15.1 Å². The summed E-state index contributed by atoms with van der Waals surface area (Å²) in [6.07, 6.45) is 1.06. The van der Waals surface area contributed by atoms with Crippen molar-refractivity contribution in [3.8, 4) is 0 Å². The Bertz CT molecular complexity index is 1180. The summed E-state index contributed by atoms with van der Waals surface area (Å²) in [6.45, 7) is 5.14. The standard InChI is InChI=1S/C26H34N4O2S.ClH/c1-20(25-10-6-8-21-7-4-5-9-26(21)25)28-22-15-17-30(19-22)23-11-13-24(14-12-23)33(31,32)27-16-18-29(2)3;/h4-14,20,22,27-28H,15-19H2,1-3H3;1H/t20-,22+;/m1./s1. The highest BCUT2D eigenvalue weighted by atomic mass is 35.5. The minimum Gasteiger partial charge on any atom is -0.370 e. The molecule has 0 bridgehead atoms. The van der Waals surface area contributed by atoms with Gasteiger partial charge in [0.15, 0.2) is 0 Å². The van der Waals surface area contributed by atoms with Crippen molar-refractivity contribution >= 4 is 38.9 Å². The maximum Gasteiger partial charge on any atom is 0.240 e. The van der Waals surface area contributed by atoms with Crippen molar-refractivity contribution in [2.75, 3.05) is 45.2 Å². The van der Waals surface area contributed by atoms with Gasteiger partial charge in [-0.05, 0) is 68.0 Å². The normalized spacial score (nSPS) is 17.2. The number of nitrogens with one attached hydrogen (secondary N) is 2. The molecule has 1 saturated heterocycles. The summed E-state index contributed by atoms with van der Waals surface area (Å²) < 4.78 is 27.6. The van der Waals surface area contributed by atoms with Crippen LogP contribution in [0.3, 0.4) is 0 Å². The summed E-state index contributed by atoms with van der Waals surface area (Å²) in [5.74, 6) is 0. The van der Waals surface area contributed by atoms with Crippen LogP contribution in [0.1, 0.15) is 24.9 Å². The van der Waals surface area contributed by atoms with E-state index in [0.717, 1.165) is 25.2 Å². The number of benzene rings is 3. The number of nitrogens with zero attached hydrogens (tertiary/aromatic N) is 2. The van der Waals surface area contributed by atoms with Crippen LogP contribution in [0.25, 0.3) is 10.8 Å². The molecule has 2 atom stereocenters. The molecule has 1 fully saturated rings. The molecule has 1 heterocycles. The third-order valence-corrected chi connectivity index (χ3v) is 7.80. The van der Waals surface area contributed by atoms with E-state index in [4.69, 9.17) is 0 Å². The molecule has 184 valence electrons. The molecule has 0 aromatic heterocycles. The van der Waals surface area contributed by atoms with E-state index in [9.17, 15) is 8.42 Å². The lowest BCUT2D eigenvalue weighted by Crippen LogP contribution is -2.34. The summed E-state index contributed by atoms with van der Waals surface area (Å²) in [7, 11) is 0.362. The third-order valence-electron chi connectivity index (χ3n) is 6.33. The van der Waals surface area contributed by atoms with E-state index in [1.165, 1.54) is 16.3 Å². The van der Waals surface area contributed by atoms with Crippen molar-refractivity contribution in [3.63, 3.8) is 0 Å². The summed E-state index contributed by atoms with van der Waals surface area (Å²) >= 11 is 0. The Hall–Kier alpha value is -2.16. The summed E-state index contributed by atoms with van der Waals surface area (Å²) in [5, 5.41) is 6.37. The molecule has 2 N–H and O–H groups in total. The van der Waals surface area contributed by atoms with Gasteiger partial charge in [0.25, 0.3) is 0 Å². The highest BCUT2D eigenvalue weighted by Gasteiger charge is 2.25. The first kappa shape index (κ1) is 26.4. The van der Waals surface area contributed by atoms with E-state index in [0.29, 0.717) is 24.0 Å². The molecule has 6 nitrogen and oxygen atoms in total. The smallest absolute Gasteiger partial charge is 0.240 e. The quantitative estimate of drug-likeness (QED) is 0.462. The summed E-state index contributed by atoms with van der Waals surface area (Å²) in [6, 6.07) is 22.9. The van der Waals surface area contributed by atoms with Gasteiger partial charge in [0, 0.05) is 44.0 Å². The van der Waals surface area contributed by atoms with Gasteiger partial charge >= 0.3 is 0 Å².